The molecule has 1 aliphatic rings. The Morgan fingerprint density at radius 3 is 2.93 bits per heavy atom. The minimum absolute atomic E-state index is 1.00. The Bertz CT molecular complexity index is 347. The molecule has 0 spiro atoms. The third-order valence-corrected chi connectivity index (χ3v) is 4.51. The van der Waals surface area contributed by atoms with Crippen molar-refractivity contribution in [3.63, 3.8) is 0 Å². The van der Waals surface area contributed by atoms with E-state index in [1.165, 1.54) is 27.0 Å². The lowest BCUT2D eigenvalue weighted by Crippen LogP contribution is -1.99. The molecule has 2 rings (SSSR count). The summed E-state index contributed by atoms with van der Waals surface area (Å²) in [6.07, 6.45) is 1.22. The average Bonchev–Trinajstić information content (AvgIpc) is 2.23. The fourth-order valence-electron chi connectivity index (χ4n) is 1.27. The molecule has 1 aromatic carbocycles. The van der Waals surface area contributed by atoms with E-state index in [1.54, 1.807) is 11.8 Å². The molecule has 0 saturated carbocycles. The van der Waals surface area contributed by atoms with Gasteiger partial charge in [0.2, 0.25) is 0 Å². The summed E-state index contributed by atoms with van der Waals surface area (Å²) in [4.78, 5) is 5.84. The molecule has 0 aromatic heterocycles. The molecule has 1 nitrogen and oxygen atoms in total. The zero-order chi connectivity index (χ0) is 9.80. The topological polar surface area (TPSA) is 12.4 Å². The van der Waals surface area contributed by atoms with Crippen LogP contribution in [0.4, 0.5) is 0 Å². The number of aliphatic imine (C=N–C) groups is 1. The molecule has 0 bridgehead atoms. The molecular weight excluding hydrogens is 210 g/mol. The van der Waals surface area contributed by atoms with Gasteiger partial charge in [-0.1, -0.05) is 41.7 Å². The predicted molar refractivity (Wildman–Crippen MR) is 66.4 cm³/mol. The van der Waals surface area contributed by atoms with E-state index in [-0.39, 0.29) is 0 Å². The van der Waals surface area contributed by atoms with Gasteiger partial charge in [0.15, 0.2) is 0 Å². The van der Waals surface area contributed by atoms with Crippen LogP contribution >= 0.6 is 23.5 Å². The minimum atomic E-state index is 1.00. The molecular formula is C11H13NS2. The highest BCUT2D eigenvalue weighted by Crippen LogP contribution is 2.30. The van der Waals surface area contributed by atoms with Crippen LogP contribution < -0.4 is 0 Å². The summed E-state index contributed by atoms with van der Waals surface area (Å²) in [6.45, 7) is 3.15. The Morgan fingerprint density at radius 2 is 2.21 bits per heavy atom. The van der Waals surface area contributed by atoms with Crippen LogP contribution in [-0.4, -0.2) is 16.7 Å². The molecule has 0 amide bonds. The third-order valence-electron chi connectivity index (χ3n) is 2.06. The van der Waals surface area contributed by atoms with E-state index in [0.29, 0.717) is 0 Å². The van der Waals surface area contributed by atoms with Crippen LogP contribution in [0, 0.1) is 6.92 Å². The van der Waals surface area contributed by atoms with E-state index >= 15 is 0 Å². The molecule has 0 saturated heterocycles. The first-order chi connectivity index (χ1) is 6.86. The van der Waals surface area contributed by atoms with Gasteiger partial charge in [0.1, 0.15) is 4.38 Å². The van der Waals surface area contributed by atoms with Gasteiger partial charge in [0, 0.05) is 17.2 Å². The van der Waals surface area contributed by atoms with Gasteiger partial charge in [0.25, 0.3) is 0 Å². The number of benzene rings is 1. The van der Waals surface area contributed by atoms with E-state index in [0.717, 1.165) is 6.54 Å². The summed E-state index contributed by atoms with van der Waals surface area (Å²) in [6, 6.07) is 8.48. The van der Waals surface area contributed by atoms with Gasteiger partial charge >= 0.3 is 0 Å². The normalized spacial score (nSPS) is 16.5. The first kappa shape index (κ1) is 10.1. The highest BCUT2D eigenvalue weighted by molar-refractivity contribution is 8.39. The molecule has 0 aliphatic carbocycles. The van der Waals surface area contributed by atoms with Gasteiger partial charge in [-0.3, -0.25) is 4.99 Å². The molecule has 74 valence electrons. The van der Waals surface area contributed by atoms with E-state index in [4.69, 9.17) is 0 Å². The fraction of sp³-hybridized carbons (Fsp3) is 0.364. The Labute approximate surface area is 93.4 Å². The molecule has 1 aromatic rings. The number of nitrogens with zero attached hydrogens (tertiary/aromatic N) is 1. The summed E-state index contributed by atoms with van der Waals surface area (Å²) >= 11 is 3.68. The van der Waals surface area contributed by atoms with E-state index < -0.39 is 0 Å². The third kappa shape index (κ3) is 2.55. The maximum atomic E-state index is 4.51. The van der Waals surface area contributed by atoms with Crippen LogP contribution in [0.2, 0.25) is 0 Å². The summed E-state index contributed by atoms with van der Waals surface area (Å²) < 4.78 is 1.23. The maximum absolute atomic E-state index is 4.51. The first-order valence-electron chi connectivity index (χ1n) is 4.77. The molecule has 14 heavy (non-hydrogen) atoms. The van der Waals surface area contributed by atoms with Crippen LogP contribution in [0.15, 0.2) is 34.2 Å². The zero-order valence-electron chi connectivity index (χ0n) is 8.19. The summed E-state index contributed by atoms with van der Waals surface area (Å²) in [5.41, 5.74) is 1.34. The second-order valence-electron chi connectivity index (χ2n) is 3.22. The largest absolute Gasteiger partial charge is 0.271 e. The molecule has 0 atom stereocenters. The molecule has 0 radical (unpaired) electrons. The van der Waals surface area contributed by atoms with Gasteiger partial charge in [0.05, 0.1) is 0 Å². The van der Waals surface area contributed by atoms with Gasteiger partial charge in [-0.15, -0.1) is 0 Å². The van der Waals surface area contributed by atoms with Crippen molar-refractivity contribution in [2.45, 2.75) is 18.2 Å². The lowest BCUT2D eigenvalue weighted by molar-refractivity contribution is 0.942. The molecule has 0 N–H and O–H groups in total. The quantitative estimate of drug-likeness (QED) is 0.721. The standard InChI is InChI=1S/C11H13NS2/c1-9-5-2-3-6-10(9)14-11-12-7-4-8-13-11/h2-3,5-6H,4,7-8H2,1H3. The molecule has 0 fully saturated rings. The van der Waals surface area contributed by atoms with Crippen LogP contribution in [-0.2, 0) is 0 Å². The second-order valence-corrected chi connectivity index (χ2v) is 5.59. The highest BCUT2D eigenvalue weighted by atomic mass is 32.2. The molecule has 1 heterocycles. The summed E-state index contributed by atoms with van der Waals surface area (Å²) in [5, 5.41) is 0. The van der Waals surface area contributed by atoms with Crippen molar-refractivity contribution in [3.05, 3.63) is 29.8 Å². The van der Waals surface area contributed by atoms with Crippen molar-refractivity contribution in [1.29, 1.82) is 0 Å². The monoisotopic (exact) mass is 223 g/mol. The smallest absolute Gasteiger partial charge is 0.129 e. The molecule has 1 aliphatic heterocycles. The number of thioether (sulfide) groups is 2. The fourth-order valence-corrected chi connectivity index (χ4v) is 3.37. The zero-order valence-corrected chi connectivity index (χ0v) is 9.83. The van der Waals surface area contributed by atoms with Gasteiger partial charge < -0.3 is 0 Å². The van der Waals surface area contributed by atoms with E-state index in [9.17, 15) is 0 Å². The van der Waals surface area contributed by atoms with Crippen molar-refractivity contribution in [2.24, 2.45) is 4.99 Å². The van der Waals surface area contributed by atoms with Crippen molar-refractivity contribution < 1.29 is 0 Å². The molecule has 3 heteroatoms. The van der Waals surface area contributed by atoms with Crippen LogP contribution in [0.25, 0.3) is 0 Å². The van der Waals surface area contributed by atoms with Gasteiger partial charge in [-0.25, -0.2) is 0 Å². The van der Waals surface area contributed by atoms with Crippen molar-refractivity contribution in [1.82, 2.24) is 0 Å². The van der Waals surface area contributed by atoms with Crippen molar-refractivity contribution in [3.8, 4) is 0 Å². The highest BCUT2D eigenvalue weighted by Gasteiger charge is 2.08. The SMILES string of the molecule is Cc1ccccc1SC1=NCCCS1. The number of hydrogen-bond donors (Lipinski definition) is 0. The first-order valence-corrected chi connectivity index (χ1v) is 6.57. The Kier molecular flexibility index (Phi) is 3.54. The second kappa shape index (κ2) is 4.89. The maximum Gasteiger partial charge on any atom is 0.129 e. The molecule has 0 unspecified atom stereocenters. The lowest BCUT2D eigenvalue weighted by Gasteiger charge is -2.11. The number of aryl methyl sites for hydroxylation is 1. The van der Waals surface area contributed by atoms with Crippen LogP contribution in [0.1, 0.15) is 12.0 Å². The summed E-state index contributed by atoms with van der Waals surface area (Å²) in [5.74, 6) is 1.22. The number of rotatable bonds is 1. The van der Waals surface area contributed by atoms with Crippen molar-refractivity contribution >= 4 is 27.9 Å². The summed E-state index contributed by atoms with van der Waals surface area (Å²) in [7, 11) is 0. The Hall–Kier alpha value is -0.410. The predicted octanol–water partition coefficient (Wildman–Crippen LogP) is 3.58. The van der Waals surface area contributed by atoms with Gasteiger partial charge in [-0.2, -0.15) is 0 Å². The van der Waals surface area contributed by atoms with E-state index in [2.05, 4.69) is 36.2 Å². The Balaban J connectivity index is 2.10. The lowest BCUT2D eigenvalue weighted by atomic mass is 10.2. The van der Waals surface area contributed by atoms with Crippen LogP contribution in [0.5, 0.6) is 0 Å². The Morgan fingerprint density at radius 1 is 1.36 bits per heavy atom. The minimum Gasteiger partial charge on any atom is -0.271 e. The average molecular weight is 223 g/mol. The van der Waals surface area contributed by atoms with E-state index in [1.807, 2.05) is 11.8 Å². The number of hydrogen-bond acceptors (Lipinski definition) is 3. The van der Waals surface area contributed by atoms with Crippen molar-refractivity contribution in [2.75, 3.05) is 12.3 Å². The van der Waals surface area contributed by atoms with Crippen LogP contribution in [0.3, 0.4) is 0 Å². The van der Waals surface area contributed by atoms with Gasteiger partial charge in [-0.05, 0) is 25.0 Å².